The highest BCUT2D eigenvalue weighted by atomic mass is 79.9. The van der Waals surface area contributed by atoms with E-state index in [1.165, 1.54) is 34.3 Å². The molecular formula is C14H18BrNOS. The van der Waals surface area contributed by atoms with E-state index in [9.17, 15) is 0 Å². The van der Waals surface area contributed by atoms with E-state index in [4.69, 9.17) is 4.74 Å². The zero-order valence-corrected chi connectivity index (χ0v) is 12.7. The predicted molar refractivity (Wildman–Crippen MR) is 79.5 cm³/mol. The molecule has 1 aromatic rings. The van der Waals surface area contributed by atoms with E-state index >= 15 is 0 Å². The number of piperidine rings is 1. The molecule has 0 spiro atoms. The van der Waals surface area contributed by atoms with Crippen LogP contribution < -0.4 is 5.32 Å². The topological polar surface area (TPSA) is 21.3 Å². The molecule has 2 aliphatic rings. The maximum atomic E-state index is 5.22. The Morgan fingerprint density at radius 2 is 2.22 bits per heavy atom. The molecule has 0 saturated carbocycles. The van der Waals surface area contributed by atoms with E-state index < -0.39 is 0 Å². The number of rotatable bonds is 3. The number of ether oxygens (including phenoxy) is 1. The lowest BCUT2D eigenvalue weighted by atomic mass is 9.92. The number of thioether (sulfide) groups is 1. The molecule has 2 fully saturated rings. The van der Waals surface area contributed by atoms with Crippen molar-refractivity contribution >= 4 is 27.7 Å². The Hall–Kier alpha value is -0.0300. The molecule has 2 aliphatic heterocycles. The first-order chi connectivity index (χ1) is 8.83. The Bertz CT molecular complexity index is 416. The second kappa shape index (κ2) is 5.95. The number of benzene rings is 1. The van der Waals surface area contributed by atoms with Crippen molar-refractivity contribution in [2.75, 3.05) is 26.3 Å². The van der Waals surface area contributed by atoms with Gasteiger partial charge in [-0.1, -0.05) is 6.07 Å². The minimum atomic E-state index is 0.642. The van der Waals surface area contributed by atoms with Crippen molar-refractivity contribution < 1.29 is 4.74 Å². The van der Waals surface area contributed by atoms with Gasteiger partial charge in [0.1, 0.15) is 0 Å². The van der Waals surface area contributed by atoms with E-state index in [1.807, 2.05) is 11.8 Å². The summed E-state index contributed by atoms with van der Waals surface area (Å²) in [5, 5.41) is 4.12. The molecule has 2 nitrogen and oxygen atoms in total. The van der Waals surface area contributed by atoms with Crippen LogP contribution in [-0.4, -0.2) is 31.6 Å². The van der Waals surface area contributed by atoms with Crippen LogP contribution in [-0.2, 0) is 4.74 Å². The van der Waals surface area contributed by atoms with Crippen LogP contribution in [0.4, 0.5) is 0 Å². The lowest BCUT2D eigenvalue weighted by molar-refractivity contribution is 0.0455. The second-order valence-electron chi connectivity index (χ2n) is 5.01. The van der Waals surface area contributed by atoms with Gasteiger partial charge in [-0.2, -0.15) is 0 Å². The van der Waals surface area contributed by atoms with Gasteiger partial charge in [0.25, 0.3) is 0 Å². The monoisotopic (exact) mass is 327 g/mol. The smallest absolute Gasteiger partial charge is 0.0611 e. The van der Waals surface area contributed by atoms with Gasteiger partial charge in [0, 0.05) is 15.9 Å². The minimum Gasteiger partial charge on any atom is -0.379 e. The van der Waals surface area contributed by atoms with Crippen molar-refractivity contribution in [1.29, 1.82) is 0 Å². The van der Waals surface area contributed by atoms with Gasteiger partial charge in [0.15, 0.2) is 0 Å². The van der Waals surface area contributed by atoms with E-state index in [0.29, 0.717) is 11.2 Å². The standard InChI is InChI=1S/C14H18BrNOS/c15-13-6-10(11-2-1-5-16-7-11)3-4-14(13)18-12-8-17-9-12/h3-4,6,11-12,16H,1-2,5,7-9H2. The molecule has 0 bridgehead atoms. The van der Waals surface area contributed by atoms with Gasteiger partial charge in [-0.05, 0) is 58.9 Å². The van der Waals surface area contributed by atoms with Gasteiger partial charge in [-0.25, -0.2) is 0 Å². The lowest BCUT2D eigenvalue weighted by Crippen LogP contribution is -2.30. The van der Waals surface area contributed by atoms with E-state index in [2.05, 4.69) is 39.4 Å². The lowest BCUT2D eigenvalue weighted by Gasteiger charge is -2.26. The maximum Gasteiger partial charge on any atom is 0.0611 e. The van der Waals surface area contributed by atoms with Crippen LogP contribution in [0.5, 0.6) is 0 Å². The Labute approximate surface area is 121 Å². The van der Waals surface area contributed by atoms with E-state index in [1.54, 1.807) is 0 Å². The number of nitrogens with one attached hydrogen (secondary N) is 1. The van der Waals surface area contributed by atoms with Gasteiger partial charge in [0.05, 0.1) is 18.5 Å². The molecule has 2 saturated heterocycles. The normalized spacial score (nSPS) is 24.8. The van der Waals surface area contributed by atoms with Crippen LogP contribution in [0.3, 0.4) is 0 Å². The predicted octanol–water partition coefficient (Wildman–Crippen LogP) is 3.41. The van der Waals surface area contributed by atoms with Crippen LogP contribution in [0.25, 0.3) is 0 Å². The van der Waals surface area contributed by atoms with E-state index in [0.717, 1.165) is 19.8 Å². The summed E-state index contributed by atoms with van der Waals surface area (Å²) >= 11 is 5.64. The average Bonchev–Trinajstić information content (AvgIpc) is 2.36. The largest absolute Gasteiger partial charge is 0.379 e. The zero-order chi connectivity index (χ0) is 12.4. The summed E-state index contributed by atoms with van der Waals surface area (Å²) in [7, 11) is 0. The summed E-state index contributed by atoms with van der Waals surface area (Å²) in [4.78, 5) is 1.34. The summed E-state index contributed by atoms with van der Waals surface area (Å²) in [6.45, 7) is 4.08. The van der Waals surface area contributed by atoms with Crippen LogP contribution >= 0.6 is 27.7 Å². The fourth-order valence-electron chi connectivity index (χ4n) is 2.46. The van der Waals surface area contributed by atoms with E-state index in [-0.39, 0.29) is 0 Å². The van der Waals surface area contributed by atoms with Gasteiger partial charge < -0.3 is 10.1 Å². The summed E-state index contributed by atoms with van der Waals surface area (Å²) < 4.78 is 6.46. The first-order valence-corrected chi connectivity index (χ1v) is 8.25. The average molecular weight is 328 g/mol. The van der Waals surface area contributed by atoms with Gasteiger partial charge in [-0.3, -0.25) is 0 Å². The summed E-state index contributed by atoms with van der Waals surface area (Å²) in [6, 6.07) is 6.86. The van der Waals surface area contributed by atoms with Crippen LogP contribution in [0.1, 0.15) is 24.3 Å². The molecule has 4 heteroatoms. The van der Waals surface area contributed by atoms with Crippen molar-refractivity contribution in [3.63, 3.8) is 0 Å². The fourth-order valence-corrected chi connectivity index (χ4v) is 4.15. The van der Waals surface area contributed by atoms with Crippen molar-refractivity contribution in [3.8, 4) is 0 Å². The summed E-state index contributed by atoms with van der Waals surface area (Å²) in [5.41, 5.74) is 1.46. The molecule has 2 heterocycles. The highest BCUT2D eigenvalue weighted by molar-refractivity contribution is 9.10. The van der Waals surface area contributed by atoms with Crippen LogP contribution in [0, 0.1) is 0 Å². The van der Waals surface area contributed by atoms with Crippen LogP contribution in [0.15, 0.2) is 27.6 Å². The van der Waals surface area contributed by atoms with Crippen molar-refractivity contribution in [2.45, 2.75) is 28.9 Å². The third-order valence-corrected chi connectivity index (χ3v) is 5.76. The minimum absolute atomic E-state index is 0.642. The molecular weight excluding hydrogens is 310 g/mol. The Balaban J connectivity index is 1.70. The number of halogens is 1. The third-order valence-electron chi connectivity index (χ3n) is 3.63. The number of hydrogen-bond acceptors (Lipinski definition) is 3. The Kier molecular flexibility index (Phi) is 4.29. The van der Waals surface area contributed by atoms with Gasteiger partial charge >= 0.3 is 0 Å². The Morgan fingerprint density at radius 3 is 2.83 bits per heavy atom. The van der Waals surface area contributed by atoms with Gasteiger partial charge in [0.2, 0.25) is 0 Å². The molecule has 1 unspecified atom stereocenters. The zero-order valence-electron chi connectivity index (χ0n) is 10.3. The molecule has 3 rings (SSSR count). The molecule has 0 radical (unpaired) electrons. The SMILES string of the molecule is Brc1cc(C2CCCNC2)ccc1SC1COC1. The molecule has 0 aromatic heterocycles. The Morgan fingerprint density at radius 1 is 1.33 bits per heavy atom. The molecule has 1 atom stereocenters. The number of hydrogen-bond donors (Lipinski definition) is 1. The highest BCUT2D eigenvalue weighted by Gasteiger charge is 2.21. The maximum absolute atomic E-state index is 5.22. The second-order valence-corrected chi connectivity index (χ2v) is 7.21. The van der Waals surface area contributed by atoms with Crippen molar-refractivity contribution in [2.24, 2.45) is 0 Å². The quantitative estimate of drug-likeness (QED) is 0.919. The van der Waals surface area contributed by atoms with Crippen molar-refractivity contribution in [3.05, 3.63) is 28.2 Å². The third kappa shape index (κ3) is 2.93. The molecule has 1 N–H and O–H groups in total. The first-order valence-electron chi connectivity index (χ1n) is 6.57. The van der Waals surface area contributed by atoms with Crippen molar-refractivity contribution in [1.82, 2.24) is 5.32 Å². The van der Waals surface area contributed by atoms with Gasteiger partial charge in [-0.15, -0.1) is 11.8 Å². The molecule has 0 aliphatic carbocycles. The van der Waals surface area contributed by atoms with Crippen LogP contribution in [0.2, 0.25) is 0 Å². The molecule has 0 amide bonds. The molecule has 1 aromatic carbocycles. The fraction of sp³-hybridized carbons (Fsp3) is 0.571. The summed E-state index contributed by atoms with van der Waals surface area (Å²) in [6.07, 6.45) is 2.60. The highest BCUT2D eigenvalue weighted by Crippen LogP contribution is 2.36. The molecule has 98 valence electrons. The first kappa shape index (κ1) is 13.0. The summed E-state index contributed by atoms with van der Waals surface area (Å²) in [5.74, 6) is 0.682. The molecule has 18 heavy (non-hydrogen) atoms.